The molecule has 8 heteroatoms. The molecular weight excluding hydrogens is 411 g/mol. The van der Waals surface area contributed by atoms with Gasteiger partial charge in [0.25, 0.3) is 0 Å². The molecule has 0 bridgehead atoms. The predicted octanol–water partition coefficient (Wildman–Crippen LogP) is 2.47. The largest absolute Gasteiger partial charge is 0.342 e. The van der Waals surface area contributed by atoms with Crippen molar-refractivity contribution >= 4 is 36.6 Å². The van der Waals surface area contributed by atoms with Gasteiger partial charge in [0.05, 0.1) is 6.54 Å². The zero-order chi connectivity index (χ0) is 19.1. The number of rotatable bonds is 5. The quantitative estimate of drug-likeness (QED) is 0.756. The highest BCUT2D eigenvalue weighted by atomic mass is 35.5. The van der Waals surface area contributed by atoms with Crippen molar-refractivity contribution in [2.24, 2.45) is 5.73 Å². The maximum atomic E-state index is 12.5. The molecule has 2 aliphatic heterocycles. The Morgan fingerprint density at radius 1 is 0.793 bits per heavy atom. The number of carbonyl (C=O) groups is 2. The molecule has 1 aromatic carbocycles. The molecule has 2 aliphatic rings. The molecule has 3 rings (SSSR count). The molecule has 0 radical (unpaired) electrons. The van der Waals surface area contributed by atoms with Crippen LogP contribution in [0.25, 0.3) is 0 Å². The lowest BCUT2D eigenvalue weighted by atomic mass is 10.0. The highest BCUT2D eigenvalue weighted by Crippen LogP contribution is 2.16. The average Bonchev–Trinajstić information content (AvgIpc) is 2.99. The van der Waals surface area contributed by atoms with E-state index < -0.39 is 0 Å². The van der Waals surface area contributed by atoms with Crippen LogP contribution in [-0.2, 0) is 9.59 Å². The Balaban J connectivity index is 0.00000210. The summed E-state index contributed by atoms with van der Waals surface area (Å²) < 4.78 is 0. The Labute approximate surface area is 186 Å². The molecule has 2 saturated heterocycles. The van der Waals surface area contributed by atoms with Gasteiger partial charge < -0.3 is 15.5 Å². The van der Waals surface area contributed by atoms with Gasteiger partial charge in [-0.25, -0.2) is 0 Å². The summed E-state index contributed by atoms with van der Waals surface area (Å²) >= 11 is 0. The Hall–Kier alpha value is -1.34. The fourth-order valence-corrected chi connectivity index (χ4v) is 3.90. The summed E-state index contributed by atoms with van der Waals surface area (Å²) in [5.74, 6) is 0.340. The second-order valence-corrected chi connectivity index (χ2v) is 7.67. The van der Waals surface area contributed by atoms with Gasteiger partial charge in [-0.3, -0.25) is 14.5 Å². The first-order valence-corrected chi connectivity index (χ1v) is 10.2. The lowest BCUT2D eigenvalue weighted by Gasteiger charge is -2.35. The lowest BCUT2D eigenvalue weighted by Crippen LogP contribution is -2.52. The summed E-state index contributed by atoms with van der Waals surface area (Å²) in [6, 6.07) is 9.50. The van der Waals surface area contributed by atoms with Crippen LogP contribution in [0.15, 0.2) is 30.3 Å². The zero-order valence-electron chi connectivity index (χ0n) is 17.0. The van der Waals surface area contributed by atoms with Crippen LogP contribution in [0.2, 0.25) is 0 Å². The molecule has 1 atom stereocenters. The molecule has 2 fully saturated rings. The molecule has 164 valence electrons. The van der Waals surface area contributed by atoms with E-state index in [9.17, 15) is 9.59 Å². The van der Waals surface area contributed by atoms with Crippen LogP contribution in [0.3, 0.4) is 0 Å². The van der Waals surface area contributed by atoms with Crippen LogP contribution in [0, 0.1) is 0 Å². The van der Waals surface area contributed by atoms with Crippen molar-refractivity contribution in [1.82, 2.24) is 14.7 Å². The van der Waals surface area contributed by atoms with Crippen LogP contribution in [0.4, 0.5) is 0 Å². The number of carbonyl (C=O) groups excluding carboxylic acids is 2. The van der Waals surface area contributed by atoms with Crippen LogP contribution >= 0.6 is 24.8 Å². The molecule has 2 amide bonds. The highest BCUT2D eigenvalue weighted by Gasteiger charge is 2.25. The fraction of sp³-hybridized carbons (Fsp3) is 0.619. The van der Waals surface area contributed by atoms with Crippen molar-refractivity contribution in [3.05, 3.63) is 35.9 Å². The third-order valence-corrected chi connectivity index (χ3v) is 5.66. The molecule has 6 nitrogen and oxygen atoms in total. The molecule has 2 heterocycles. The number of amides is 2. The molecular formula is C21H34Cl2N4O2. The van der Waals surface area contributed by atoms with Gasteiger partial charge in [0.1, 0.15) is 0 Å². The second-order valence-electron chi connectivity index (χ2n) is 7.67. The third kappa shape index (κ3) is 7.78. The van der Waals surface area contributed by atoms with Gasteiger partial charge in [-0.1, -0.05) is 43.2 Å². The van der Waals surface area contributed by atoms with Crippen molar-refractivity contribution in [3.63, 3.8) is 0 Å². The van der Waals surface area contributed by atoms with E-state index in [0.717, 1.165) is 44.6 Å². The van der Waals surface area contributed by atoms with E-state index in [1.807, 2.05) is 40.1 Å². The standard InChI is InChI=1S/C21H32N4O2.2ClH/c22-19(18-8-4-3-5-9-18)16-20(26)25-14-12-23(13-15-25)17-21(27)24-10-6-1-2-7-11-24;;/h3-5,8-9,19H,1-2,6-7,10-17,22H2;2*1H. The molecule has 29 heavy (non-hydrogen) atoms. The minimum atomic E-state index is -0.263. The first-order chi connectivity index (χ1) is 13.1. The zero-order valence-corrected chi connectivity index (χ0v) is 18.6. The monoisotopic (exact) mass is 444 g/mol. The van der Waals surface area contributed by atoms with Crippen molar-refractivity contribution in [2.45, 2.75) is 38.1 Å². The summed E-state index contributed by atoms with van der Waals surface area (Å²) in [5.41, 5.74) is 7.18. The highest BCUT2D eigenvalue weighted by molar-refractivity contribution is 5.85. The van der Waals surface area contributed by atoms with E-state index in [4.69, 9.17) is 5.73 Å². The molecule has 0 aromatic heterocycles. The van der Waals surface area contributed by atoms with Crippen molar-refractivity contribution < 1.29 is 9.59 Å². The number of nitrogens with two attached hydrogens (primary N) is 1. The number of benzene rings is 1. The second kappa shape index (κ2) is 13.1. The first kappa shape index (κ1) is 25.7. The van der Waals surface area contributed by atoms with E-state index >= 15 is 0 Å². The van der Waals surface area contributed by atoms with Gasteiger partial charge in [-0.15, -0.1) is 24.8 Å². The number of hydrogen-bond acceptors (Lipinski definition) is 4. The van der Waals surface area contributed by atoms with E-state index in [0.29, 0.717) is 26.1 Å². The van der Waals surface area contributed by atoms with Gasteiger partial charge >= 0.3 is 0 Å². The van der Waals surface area contributed by atoms with E-state index in [1.54, 1.807) is 0 Å². The summed E-state index contributed by atoms with van der Waals surface area (Å²) in [4.78, 5) is 31.1. The molecule has 1 aromatic rings. The van der Waals surface area contributed by atoms with Crippen LogP contribution in [-0.4, -0.2) is 72.3 Å². The maximum Gasteiger partial charge on any atom is 0.236 e. The summed E-state index contributed by atoms with van der Waals surface area (Å²) in [5, 5.41) is 0. The summed E-state index contributed by atoms with van der Waals surface area (Å²) in [6.45, 7) is 5.13. The minimum absolute atomic E-state index is 0. The van der Waals surface area contributed by atoms with Gasteiger partial charge in [0, 0.05) is 51.7 Å². The van der Waals surface area contributed by atoms with E-state index in [2.05, 4.69) is 4.90 Å². The molecule has 0 aliphatic carbocycles. The van der Waals surface area contributed by atoms with Crippen molar-refractivity contribution in [3.8, 4) is 0 Å². The number of likely N-dealkylation sites (tertiary alicyclic amines) is 1. The number of nitrogens with zero attached hydrogens (tertiary/aromatic N) is 3. The Bertz CT molecular complexity index is 616. The Kier molecular flexibility index (Phi) is 11.6. The number of piperazine rings is 1. The lowest BCUT2D eigenvalue weighted by molar-refractivity contribution is -0.135. The van der Waals surface area contributed by atoms with Crippen molar-refractivity contribution in [1.29, 1.82) is 0 Å². The van der Waals surface area contributed by atoms with E-state index in [-0.39, 0.29) is 42.7 Å². The Morgan fingerprint density at radius 2 is 1.34 bits per heavy atom. The summed E-state index contributed by atoms with van der Waals surface area (Å²) in [7, 11) is 0. The minimum Gasteiger partial charge on any atom is -0.342 e. The Morgan fingerprint density at radius 3 is 1.93 bits per heavy atom. The maximum absolute atomic E-state index is 12.5. The molecule has 0 saturated carbocycles. The van der Waals surface area contributed by atoms with Gasteiger partial charge in [-0.2, -0.15) is 0 Å². The predicted molar refractivity (Wildman–Crippen MR) is 121 cm³/mol. The smallest absolute Gasteiger partial charge is 0.236 e. The normalized spacial score (nSPS) is 18.8. The van der Waals surface area contributed by atoms with Crippen LogP contribution in [0.1, 0.15) is 43.7 Å². The van der Waals surface area contributed by atoms with Gasteiger partial charge in [-0.05, 0) is 18.4 Å². The fourth-order valence-electron chi connectivity index (χ4n) is 3.90. The summed E-state index contributed by atoms with van der Waals surface area (Å²) in [6.07, 6.45) is 5.04. The van der Waals surface area contributed by atoms with Crippen LogP contribution < -0.4 is 5.73 Å². The van der Waals surface area contributed by atoms with Gasteiger partial charge in [0.15, 0.2) is 0 Å². The average molecular weight is 445 g/mol. The molecule has 1 unspecified atom stereocenters. The molecule has 2 N–H and O–H groups in total. The third-order valence-electron chi connectivity index (χ3n) is 5.66. The number of halogens is 2. The topological polar surface area (TPSA) is 69.9 Å². The van der Waals surface area contributed by atoms with E-state index in [1.165, 1.54) is 12.8 Å². The van der Waals surface area contributed by atoms with Crippen molar-refractivity contribution in [2.75, 3.05) is 45.8 Å². The number of hydrogen-bond donors (Lipinski definition) is 1. The first-order valence-electron chi connectivity index (χ1n) is 10.2. The molecule has 0 spiro atoms. The van der Waals surface area contributed by atoms with Gasteiger partial charge in [0.2, 0.25) is 11.8 Å². The SMILES string of the molecule is Cl.Cl.NC(CC(=O)N1CCN(CC(=O)N2CCCCCC2)CC1)c1ccccc1. The van der Waals surface area contributed by atoms with Crippen LogP contribution in [0.5, 0.6) is 0 Å².